The normalized spacial score (nSPS) is 31.1. The van der Waals surface area contributed by atoms with E-state index in [4.69, 9.17) is 16.6 Å². The minimum Gasteiger partial charge on any atom is -0.394 e. The first-order valence-electron chi connectivity index (χ1n) is 10.7. The lowest BCUT2D eigenvalue weighted by molar-refractivity contribution is 0.119. The molecule has 2 saturated carbocycles. The third kappa shape index (κ3) is 2.75. The quantitative estimate of drug-likeness (QED) is 0.780. The number of anilines is 2. The Hall–Kier alpha value is -1.70. The van der Waals surface area contributed by atoms with E-state index in [1.54, 1.807) is 6.20 Å². The van der Waals surface area contributed by atoms with Crippen LogP contribution in [0.25, 0.3) is 0 Å². The predicted molar refractivity (Wildman–Crippen MR) is 118 cm³/mol. The summed E-state index contributed by atoms with van der Waals surface area (Å²) in [6.45, 7) is 1.03. The summed E-state index contributed by atoms with van der Waals surface area (Å²) in [5, 5.41) is 10.8. The molecule has 0 amide bonds. The van der Waals surface area contributed by atoms with Crippen LogP contribution in [0.1, 0.15) is 43.6 Å². The molecule has 1 saturated heterocycles. The van der Waals surface area contributed by atoms with Gasteiger partial charge in [-0.2, -0.15) is 4.98 Å². The summed E-state index contributed by atoms with van der Waals surface area (Å²) in [6, 6.07) is 8.71. The third-order valence-corrected chi connectivity index (χ3v) is 9.24. The molecule has 4 atom stereocenters. The lowest BCUT2D eigenvalue weighted by Crippen LogP contribution is -2.56. The average Bonchev–Trinajstić information content (AvgIpc) is 3.42. The summed E-state index contributed by atoms with van der Waals surface area (Å²) in [4.78, 5) is 14.7. The first-order chi connectivity index (χ1) is 14.6. The highest BCUT2D eigenvalue weighted by Gasteiger charge is 2.49. The number of hydrogen-bond donors (Lipinski definition) is 1. The summed E-state index contributed by atoms with van der Waals surface area (Å²) >= 11 is 6.06. The molecule has 3 heterocycles. The number of aliphatic hydroxyl groups excluding tert-OH is 1. The second-order valence-electron chi connectivity index (χ2n) is 9.19. The van der Waals surface area contributed by atoms with Crippen LogP contribution in [0.15, 0.2) is 35.4 Å². The van der Waals surface area contributed by atoms with Gasteiger partial charge in [-0.15, -0.1) is 0 Å². The van der Waals surface area contributed by atoms with Crippen LogP contribution in [0, 0.1) is 5.92 Å². The van der Waals surface area contributed by atoms with Crippen molar-refractivity contribution in [2.75, 3.05) is 28.8 Å². The molecule has 0 radical (unpaired) electrons. The molecule has 30 heavy (non-hydrogen) atoms. The number of benzene rings is 1. The highest BCUT2D eigenvalue weighted by molar-refractivity contribution is 7.85. The Bertz CT molecular complexity index is 1010. The van der Waals surface area contributed by atoms with Gasteiger partial charge in [0.1, 0.15) is 10.8 Å². The van der Waals surface area contributed by atoms with Crippen molar-refractivity contribution in [3.8, 4) is 0 Å². The first kappa shape index (κ1) is 19.0. The van der Waals surface area contributed by atoms with Gasteiger partial charge in [0.15, 0.2) is 5.82 Å². The van der Waals surface area contributed by atoms with Crippen molar-refractivity contribution < 1.29 is 9.32 Å². The molecule has 2 aromatic rings. The summed E-state index contributed by atoms with van der Waals surface area (Å²) in [7, 11) is -1.13. The zero-order chi connectivity index (χ0) is 20.5. The number of nitrogens with zero attached hydrogens (tertiary/aromatic N) is 4. The van der Waals surface area contributed by atoms with Gasteiger partial charge in [0.2, 0.25) is 5.95 Å². The van der Waals surface area contributed by atoms with Crippen LogP contribution in [-0.4, -0.2) is 49.9 Å². The van der Waals surface area contributed by atoms with E-state index in [0.29, 0.717) is 28.6 Å². The van der Waals surface area contributed by atoms with Gasteiger partial charge in [0.05, 0.1) is 29.1 Å². The number of piperidine rings is 1. The summed E-state index contributed by atoms with van der Waals surface area (Å²) in [6.07, 6.45) is 6.96. The van der Waals surface area contributed by atoms with E-state index in [9.17, 15) is 9.32 Å². The molecule has 6 nitrogen and oxygen atoms in total. The van der Waals surface area contributed by atoms with Crippen LogP contribution in [0.2, 0.25) is 5.02 Å². The fourth-order valence-corrected chi connectivity index (χ4v) is 7.30. The molecule has 158 valence electrons. The Morgan fingerprint density at radius 1 is 1.23 bits per heavy atom. The molecule has 4 aliphatic rings. The van der Waals surface area contributed by atoms with Crippen LogP contribution in [-0.2, 0) is 10.8 Å². The molecule has 0 spiro atoms. The minimum atomic E-state index is -1.13. The van der Waals surface area contributed by atoms with Gasteiger partial charge in [-0.1, -0.05) is 23.7 Å². The van der Waals surface area contributed by atoms with Crippen molar-refractivity contribution in [3.63, 3.8) is 0 Å². The maximum absolute atomic E-state index is 12.6. The van der Waals surface area contributed by atoms with Gasteiger partial charge >= 0.3 is 0 Å². The molecular formula is C22H25ClN4O2S. The molecule has 1 aromatic heterocycles. The average molecular weight is 445 g/mol. The molecule has 3 unspecified atom stereocenters. The van der Waals surface area contributed by atoms with E-state index in [1.165, 1.54) is 5.56 Å². The number of aromatic nitrogens is 2. The van der Waals surface area contributed by atoms with Crippen molar-refractivity contribution in [1.29, 1.82) is 0 Å². The molecule has 6 rings (SSSR count). The van der Waals surface area contributed by atoms with E-state index < -0.39 is 10.8 Å². The van der Waals surface area contributed by atoms with Gasteiger partial charge in [0.25, 0.3) is 0 Å². The van der Waals surface area contributed by atoms with E-state index >= 15 is 0 Å². The number of rotatable bonds is 4. The summed E-state index contributed by atoms with van der Waals surface area (Å²) in [5.74, 6) is 3.08. The van der Waals surface area contributed by atoms with E-state index in [0.717, 1.165) is 55.4 Å². The van der Waals surface area contributed by atoms with Crippen molar-refractivity contribution in [2.45, 2.75) is 54.5 Å². The zero-order valence-corrected chi connectivity index (χ0v) is 18.3. The van der Waals surface area contributed by atoms with Gasteiger partial charge in [-0.25, -0.2) is 4.98 Å². The van der Waals surface area contributed by atoms with Crippen molar-refractivity contribution in [3.05, 3.63) is 41.0 Å². The third-order valence-electron chi connectivity index (χ3n) is 7.72. The van der Waals surface area contributed by atoms with E-state index in [1.807, 2.05) is 12.1 Å². The molecule has 1 N–H and O–H groups in total. The first-order valence-corrected chi connectivity index (χ1v) is 12.4. The fourth-order valence-electron chi connectivity index (χ4n) is 5.87. The van der Waals surface area contributed by atoms with Crippen LogP contribution < -0.4 is 9.80 Å². The number of hydrogen-bond acceptors (Lipinski definition) is 6. The lowest BCUT2D eigenvalue weighted by atomic mass is 9.76. The Balaban J connectivity index is 1.26. The number of fused-ring (bicyclic) bond motifs is 3. The smallest absolute Gasteiger partial charge is 0.227 e. The monoisotopic (exact) mass is 444 g/mol. The standard InChI is InChI=1S/C22H25ClN4O2S/c23-16-4-2-14(3-5-16)18-9-17-8-15(18)11-26(17)21-24-10-19-20(25-21)27(13-30(19)29)22(12-28)6-1-7-22/h2-5,10,15,17-18,28H,1,6-9,11-13H2/t15?,17?,18?,30-/m1/s1. The summed E-state index contributed by atoms with van der Waals surface area (Å²) < 4.78 is 12.6. The van der Waals surface area contributed by atoms with Crippen molar-refractivity contribution in [1.82, 2.24) is 9.97 Å². The predicted octanol–water partition coefficient (Wildman–Crippen LogP) is 3.31. The SMILES string of the molecule is O=[S@@]1CN(C2(CO)CCC2)c2nc(N3CC4CC3CC4c3ccc(Cl)cc3)ncc21. The van der Waals surface area contributed by atoms with Crippen LogP contribution in [0.3, 0.4) is 0 Å². The second kappa shape index (κ2) is 6.90. The maximum Gasteiger partial charge on any atom is 0.227 e. The maximum atomic E-state index is 12.6. The van der Waals surface area contributed by atoms with Gasteiger partial charge in [-0.05, 0) is 61.6 Å². The fraction of sp³-hybridized carbons (Fsp3) is 0.545. The molecule has 2 bridgehead atoms. The largest absolute Gasteiger partial charge is 0.394 e. The molecule has 1 aromatic carbocycles. The number of halogens is 1. The molecular weight excluding hydrogens is 420 g/mol. The lowest BCUT2D eigenvalue weighted by Gasteiger charge is -2.47. The minimum absolute atomic E-state index is 0.0835. The molecule has 3 fully saturated rings. The molecule has 2 aliphatic heterocycles. The molecule has 8 heteroatoms. The molecule has 2 aliphatic carbocycles. The zero-order valence-electron chi connectivity index (χ0n) is 16.7. The highest BCUT2D eigenvalue weighted by Crippen LogP contribution is 2.49. The Kier molecular flexibility index (Phi) is 4.38. The summed E-state index contributed by atoms with van der Waals surface area (Å²) in [5.41, 5.74) is 1.08. The second-order valence-corrected chi connectivity index (χ2v) is 11.0. The van der Waals surface area contributed by atoms with Gasteiger partial charge < -0.3 is 14.9 Å². The van der Waals surface area contributed by atoms with E-state index in [2.05, 4.69) is 26.9 Å². The number of aliphatic hydroxyl groups is 1. The van der Waals surface area contributed by atoms with Crippen LogP contribution in [0.5, 0.6) is 0 Å². The Morgan fingerprint density at radius 2 is 2.03 bits per heavy atom. The van der Waals surface area contributed by atoms with Crippen LogP contribution in [0.4, 0.5) is 11.8 Å². The Labute approximate surface area is 183 Å². The van der Waals surface area contributed by atoms with Crippen molar-refractivity contribution >= 4 is 34.2 Å². The van der Waals surface area contributed by atoms with Crippen molar-refractivity contribution in [2.24, 2.45) is 5.92 Å². The van der Waals surface area contributed by atoms with E-state index in [-0.39, 0.29) is 12.1 Å². The topological polar surface area (TPSA) is 69.6 Å². The van der Waals surface area contributed by atoms with Gasteiger partial charge in [-0.3, -0.25) is 4.21 Å². The highest BCUT2D eigenvalue weighted by atomic mass is 35.5. The Morgan fingerprint density at radius 3 is 2.67 bits per heavy atom. The van der Waals surface area contributed by atoms with Crippen LogP contribution >= 0.6 is 11.6 Å². The van der Waals surface area contributed by atoms with Gasteiger partial charge in [0, 0.05) is 17.6 Å².